The molecule has 2 aromatic carbocycles. The van der Waals surface area contributed by atoms with Crippen molar-refractivity contribution in [3.8, 4) is 17.5 Å². The Hall–Kier alpha value is -4.38. The molecular formula is C23H20N4O4. The molecule has 1 amide bonds. The van der Waals surface area contributed by atoms with Gasteiger partial charge >= 0.3 is 5.97 Å². The van der Waals surface area contributed by atoms with Crippen LogP contribution in [0.2, 0.25) is 0 Å². The van der Waals surface area contributed by atoms with E-state index >= 15 is 0 Å². The number of aromatic nitrogens is 2. The van der Waals surface area contributed by atoms with Gasteiger partial charge in [0.2, 0.25) is 0 Å². The zero-order valence-corrected chi connectivity index (χ0v) is 17.0. The summed E-state index contributed by atoms with van der Waals surface area (Å²) in [5.41, 5.74) is 2.81. The highest BCUT2D eigenvalue weighted by Crippen LogP contribution is 2.22. The standard InChI is InChI=1S/C23H20N4O4/c1-15-7-9-19(10-8-15)27-21(11-16(2)26-27)25-23(30)18(13-24)12-17-5-3-4-6-20(17)31-14-22(28)29/h3-12H,14H2,1-2H3,(H,25,30)(H,28,29)/b18-12+. The maximum atomic E-state index is 12.8. The zero-order chi connectivity index (χ0) is 22.4. The second-order valence-corrected chi connectivity index (χ2v) is 6.76. The molecule has 2 N–H and O–H groups in total. The third kappa shape index (κ3) is 5.36. The highest BCUT2D eigenvalue weighted by atomic mass is 16.5. The fourth-order valence-corrected chi connectivity index (χ4v) is 2.83. The number of aryl methyl sites for hydroxylation is 2. The molecule has 1 aromatic heterocycles. The molecule has 0 fully saturated rings. The monoisotopic (exact) mass is 416 g/mol. The van der Waals surface area contributed by atoms with Crippen LogP contribution in [0, 0.1) is 25.2 Å². The molecule has 8 heteroatoms. The van der Waals surface area contributed by atoms with Crippen molar-refractivity contribution in [1.29, 1.82) is 5.26 Å². The normalized spacial score (nSPS) is 10.9. The summed E-state index contributed by atoms with van der Waals surface area (Å²) in [7, 11) is 0. The number of nitrogens with zero attached hydrogens (tertiary/aromatic N) is 3. The van der Waals surface area contributed by atoms with Gasteiger partial charge in [-0.3, -0.25) is 4.79 Å². The minimum absolute atomic E-state index is 0.166. The molecular weight excluding hydrogens is 396 g/mol. The maximum Gasteiger partial charge on any atom is 0.341 e. The molecule has 0 unspecified atom stereocenters. The van der Waals surface area contributed by atoms with Crippen LogP contribution >= 0.6 is 0 Å². The number of nitrogens with one attached hydrogen (secondary N) is 1. The first-order valence-electron chi connectivity index (χ1n) is 9.38. The molecule has 3 aromatic rings. The van der Waals surface area contributed by atoms with E-state index < -0.39 is 18.5 Å². The minimum atomic E-state index is -1.13. The summed E-state index contributed by atoms with van der Waals surface area (Å²) in [4.78, 5) is 23.6. The van der Waals surface area contributed by atoms with Gasteiger partial charge in [0.15, 0.2) is 6.61 Å². The fourth-order valence-electron chi connectivity index (χ4n) is 2.83. The molecule has 0 atom stereocenters. The van der Waals surface area contributed by atoms with Crippen molar-refractivity contribution in [3.05, 3.63) is 77.0 Å². The number of hydrogen-bond donors (Lipinski definition) is 2. The van der Waals surface area contributed by atoms with E-state index in [4.69, 9.17) is 9.84 Å². The number of aliphatic carboxylic acids is 1. The topological polar surface area (TPSA) is 117 Å². The van der Waals surface area contributed by atoms with Gasteiger partial charge in [0.1, 0.15) is 23.2 Å². The van der Waals surface area contributed by atoms with Gasteiger partial charge in [-0.2, -0.15) is 10.4 Å². The molecule has 0 saturated carbocycles. The van der Waals surface area contributed by atoms with E-state index in [2.05, 4.69) is 10.4 Å². The molecule has 0 aliphatic rings. The fraction of sp³-hybridized carbons (Fsp3) is 0.130. The summed E-state index contributed by atoms with van der Waals surface area (Å²) in [6.45, 7) is 3.24. The Kier molecular flexibility index (Phi) is 6.48. The van der Waals surface area contributed by atoms with Crippen LogP contribution in [0.5, 0.6) is 5.75 Å². The number of carboxylic acids is 1. The predicted molar refractivity (Wildman–Crippen MR) is 115 cm³/mol. The number of carbonyl (C=O) groups is 2. The molecule has 8 nitrogen and oxygen atoms in total. The Balaban J connectivity index is 1.88. The van der Waals surface area contributed by atoms with Crippen LogP contribution in [0.4, 0.5) is 5.82 Å². The Morgan fingerprint density at radius 1 is 1.19 bits per heavy atom. The first kappa shape index (κ1) is 21.3. The Morgan fingerprint density at radius 3 is 2.58 bits per heavy atom. The summed E-state index contributed by atoms with van der Waals surface area (Å²) in [5.74, 6) is -1.07. The van der Waals surface area contributed by atoms with Crippen molar-refractivity contribution >= 4 is 23.8 Å². The Morgan fingerprint density at radius 2 is 1.90 bits per heavy atom. The maximum absolute atomic E-state index is 12.8. The Bertz CT molecular complexity index is 1190. The second kappa shape index (κ2) is 9.41. The van der Waals surface area contributed by atoms with Gasteiger partial charge in [-0.05, 0) is 38.1 Å². The van der Waals surface area contributed by atoms with Crippen molar-refractivity contribution in [1.82, 2.24) is 9.78 Å². The van der Waals surface area contributed by atoms with E-state index in [9.17, 15) is 14.9 Å². The highest BCUT2D eigenvalue weighted by Gasteiger charge is 2.15. The minimum Gasteiger partial charge on any atom is -0.481 e. The lowest BCUT2D eigenvalue weighted by Gasteiger charge is -2.10. The van der Waals surface area contributed by atoms with Crippen molar-refractivity contribution in [3.63, 3.8) is 0 Å². The van der Waals surface area contributed by atoms with Gasteiger partial charge < -0.3 is 15.2 Å². The van der Waals surface area contributed by atoms with Crippen LogP contribution in [0.25, 0.3) is 11.8 Å². The number of para-hydroxylation sites is 1. The largest absolute Gasteiger partial charge is 0.481 e. The number of hydrogen-bond acceptors (Lipinski definition) is 5. The molecule has 0 aliphatic heterocycles. The smallest absolute Gasteiger partial charge is 0.341 e. The number of carbonyl (C=O) groups excluding carboxylic acids is 1. The molecule has 0 bridgehead atoms. The second-order valence-electron chi connectivity index (χ2n) is 6.76. The van der Waals surface area contributed by atoms with Gasteiger partial charge in [0, 0.05) is 11.6 Å². The van der Waals surface area contributed by atoms with Crippen LogP contribution in [0.1, 0.15) is 16.8 Å². The number of anilines is 1. The van der Waals surface area contributed by atoms with Crippen LogP contribution < -0.4 is 10.1 Å². The van der Waals surface area contributed by atoms with Crippen LogP contribution in [0.3, 0.4) is 0 Å². The lowest BCUT2D eigenvalue weighted by atomic mass is 10.1. The highest BCUT2D eigenvalue weighted by molar-refractivity contribution is 6.09. The molecule has 31 heavy (non-hydrogen) atoms. The third-order valence-corrected chi connectivity index (χ3v) is 4.29. The number of carboxylic acid groups (broad SMARTS) is 1. The van der Waals surface area contributed by atoms with Crippen molar-refractivity contribution in [2.24, 2.45) is 0 Å². The number of amides is 1. The van der Waals surface area contributed by atoms with Crippen molar-refractivity contribution < 1.29 is 19.4 Å². The van der Waals surface area contributed by atoms with E-state index in [1.807, 2.05) is 37.3 Å². The van der Waals surface area contributed by atoms with E-state index in [0.717, 1.165) is 11.3 Å². The molecule has 1 heterocycles. The van der Waals surface area contributed by atoms with Gasteiger partial charge in [-0.15, -0.1) is 0 Å². The first-order chi connectivity index (χ1) is 14.9. The summed E-state index contributed by atoms with van der Waals surface area (Å²) in [5, 5.41) is 25.5. The zero-order valence-electron chi connectivity index (χ0n) is 17.0. The molecule has 0 aliphatic carbocycles. The van der Waals surface area contributed by atoms with Crippen molar-refractivity contribution in [2.45, 2.75) is 13.8 Å². The lowest BCUT2D eigenvalue weighted by molar-refractivity contribution is -0.139. The molecule has 0 radical (unpaired) electrons. The predicted octanol–water partition coefficient (Wildman–Crippen LogP) is 3.50. The van der Waals surface area contributed by atoms with Gasteiger partial charge in [-0.25, -0.2) is 9.48 Å². The molecule has 156 valence electrons. The average Bonchev–Trinajstić information content (AvgIpc) is 3.11. The van der Waals surface area contributed by atoms with Crippen LogP contribution in [-0.2, 0) is 9.59 Å². The summed E-state index contributed by atoms with van der Waals surface area (Å²) in [6.07, 6.45) is 1.35. The van der Waals surface area contributed by atoms with E-state index in [1.54, 1.807) is 41.9 Å². The quantitative estimate of drug-likeness (QED) is 0.450. The molecule has 3 rings (SSSR count). The average molecular weight is 416 g/mol. The number of benzene rings is 2. The van der Waals surface area contributed by atoms with E-state index in [-0.39, 0.29) is 11.3 Å². The molecule has 0 spiro atoms. The Labute approximate surface area is 179 Å². The van der Waals surface area contributed by atoms with Crippen LogP contribution in [-0.4, -0.2) is 33.4 Å². The van der Waals surface area contributed by atoms with Gasteiger partial charge in [0.05, 0.1) is 11.4 Å². The van der Waals surface area contributed by atoms with E-state index in [0.29, 0.717) is 17.1 Å². The van der Waals surface area contributed by atoms with Gasteiger partial charge in [0.25, 0.3) is 5.91 Å². The SMILES string of the molecule is Cc1ccc(-n2nc(C)cc2NC(=O)/C(C#N)=C/c2ccccc2OCC(=O)O)cc1. The first-order valence-corrected chi connectivity index (χ1v) is 9.38. The summed E-state index contributed by atoms with van der Waals surface area (Å²) in [6, 6.07) is 17.8. The third-order valence-electron chi connectivity index (χ3n) is 4.29. The summed E-state index contributed by atoms with van der Waals surface area (Å²) >= 11 is 0. The lowest BCUT2D eigenvalue weighted by Crippen LogP contribution is -2.16. The van der Waals surface area contributed by atoms with Crippen LogP contribution in [0.15, 0.2) is 60.2 Å². The number of rotatable bonds is 7. The van der Waals surface area contributed by atoms with Crippen molar-refractivity contribution in [2.75, 3.05) is 11.9 Å². The number of nitriles is 1. The summed E-state index contributed by atoms with van der Waals surface area (Å²) < 4.78 is 6.82. The molecule has 0 saturated heterocycles. The van der Waals surface area contributed by atoms with E-state index in [1.165, 1.54) is 6.08 Å². The van der Waals surface area contributed by atoms with Gasteiger partial charge in [-0.1, -0.05) is 35.9 Å². The number of ether oxygens (including phenoxy) is 1.